The Balaban J connectivity index is 1.54. The zero-order chi connectivity index (χ0) is 31.5. The second-order valence-electron chi connectivity index (χ2n) is 8.66. The number of benzene rings is 2. The van der Waals surface area contributed by atoms with Crippen LogP contribution >= 0.6 is 0 Å². The Morgan fingerprint density at radius 1 is 0.465 bits per heavy atom. The molecule has 2 rings (SSSR count). The van der Waals surface area contributed by atoms with E-state index in [0.29, 0.717) is 18.8 Å². The first-order valence-electron chi connectivity index (χ1n) is 13.3. The smallest absolute Gasteiger partial charge is 0.338 e. The number of esters is 5. The standard InChI is InChI=1S/C30H34O13/c1-21(31)22-3-5-23(6-4-22)29(35)42-19-17-39-26(32)11-12-27(33)40-18-20-43-30(36)25-9-7-24(8-10-25)28(34)41-16-15-38-14-13-37-2/h3-10H,11-20H2,1-2H3. The zero-order valence-corrected chi connectivity index (χ0v) is 24.0. The van der Waals surface area contributed by atoms with Gasteiger partial charge in [0, 0.05) is 12.7 Å². The predicted octanol–water partition coefficient (Wildman–Crippen LogP) is 2.59. The molecule has 232 valence electrons. The maximum Gasteiger partial charge on any atom is 0.338 e. The molecule has 0 radical (unpaired) electrons. The molecule has 0 aliphatic heterocycles. The number of methoxy groups -OCH3 is 1. The third-order valence-corrected chi connectivity index (χ3v) is 5.47. The van der Waals surface area contributed by atoms with Gasteiger partial charge in [0.25, 0.3) is 0 Å². The van der Waals surface area contributed by atoms with E-state index in [9.17, 15) is 28.8 Å². The molecule has 0 spiro atoms. The topological polar surface area (TPSA) is 167 Å². The van der Waals surface area contributed by atoms with Crippen molar-refractivity contribution in [3.8, 4) is 0 Å². The van der Waals surface area contributed by atoms with E-state index >= 15 is 0 Å². The summed E-state index contributed by atoms with van der Waals surface area (Å²) in [5.74, 6) is -3.39. The molecule has 0 unspecified atom stereocenters. The molecule has 43 heavy (non-hydrogen) atoms. The average molecular weight is 603 g/mol. The SMILES string of the molecule is COCCOCCOC(=O)c1ccc(C(=O)OCCOC(=O)CCC(=O)OCCOC(=O)c2ccc(C(C)=O)cc2)cc1. The number of Topliss-reactive ketones (excluding diaryl/α,β-unsaturated/α-hetero) is 1. The number of carbonyl (C=O) groups is 6. The lowest BCUT2D eigenvalue weighted by atomic mass is 10.1. The second-order valence-corrected chi connectivity index (χ2v) is 8.66. The van der Waals surface area contributed by atoms with Crippen molar-refractivity contribution in [1.82, 2.24) is 0 Å². The molecule has 0 fully saturated rings. The first-order valence-corrected chi connectivity index (χ1v) is 13.3. The summed E-state index contributed by atoms with van der Waals surface area (Å²) >= 11 is 0. The fraction of sp³-hybridized carbons (Fsp3) is 0.400. The third-order valence-electron chi connectivity index (χ3n) is 5.47. The van der Waals surface area contributed by atoms with Crippen LogP contribution in [-0.4, -0.2) is 95.6 Å². The highest BCUT2D eigenvalue weighted by molar-refractivity contribution is 5.96. The van der Waals surface area contributed by atoms with Gasteiger partial charge in [0.1, 0.15) is 33.0 Å². The van der Waals surface area contributed by atoms with Crippen LogP contribution in [0, 0.1) is 0 Å². The van der Waals surface area contributed by atoms with Gasteiger partial charge in [0.15, 0.2) is 5.78 Å². The van der Waals surface area contributed by atoms with Gasteiger partial charge in [-0.2, -0.15) is 0 Å². The molecule has 0 aromatic heterocycles. The molecule has 0 heterocycles. The van der Waals surface area contributed by atoms with Gasteiger partial charge >= 0.3 is 29.8 Å². The van der Waals surface area contributed by atoms with Crippen LogP contribution in [0.25, 0.3) is 0 Å². The van der Waals surface area contributed by atoms with Gasteiger partial charge in [0.05, 0.1) is 49.4 Å². The van der Waals surface area contributed by atoms with E-state index in [1.165, 1.54) is 55.5 Å². The summed E-state index contributed by atoms with van der Waals surface area (Å²) in [7, 11) is 1.55. The molecule has 0 aliphatic carbocycles. The molecular formula is C30H34O13. The van der Waals surface area contributed by atoms with E-state index < -0.39 is 29.8 Å². The van der Waals surface area contributed by atoms with Crippen molar-refractivity contribution in [2.24, 2.45) is 0 Å². The van der Waals surface area contributed by atoms with Gasteiger partial charge in [-0.1, -0.05) is 12.1 Å². The van der Waals surface area contributed by atoms with Crippen molar-refractivity contribution in [2.75, 3.05) is 60.0 Å². The second kappa shape index (κ2) is 19.5. The first-order chi connectivity index (χ1) is 20.7. The van der Waals surface area contributed by atoms with Crippen molar-refractivity contribution in [1.29, 1.82) is 0 Å². The Hall–Kier alpha value is -4.62. The van der Waals surface area contributed by atoms with Crippen molar-refractivity contribution in [3.05, 3.63) is 70.8 Å². The van der Waals surface area contributed by atoms with Crippen molar-refractivity contribution in [3.63, 3.8) is 0 Å². The van der Waals surface area contributed by atoms with E-state index in [1.54, 1.807) is 7.11 Å². The van der Waals surface area contributed by atoms with E-state index in [1.807, 2.05) is 0 Å². The highest BCUT2D eigenvalue weighted by Crippen LogP contribution is 2.09. The molecule has 0 aliphatic rings. The largest absolute Gasteiger partial charge is 0.462 e. The Kier molecular flexibility index (Phi) is 15.7. The lowest BCUT2D eigenvalue weighted by molar-refractivity contribution is -0.151. The minimum Gasteiger partial charge on any atom is -0.462 e. The predicted molar refractivity (Wildman–Crippen MR) is 148 cm³/mol. The first kappa shape index (κ1) is 34.6. The van der Waals surface area contributed by atoms with Crippen LogP contribution in [0.5, 0.6) is 0 Å². The quantitative estimate of drug-likeness (QED) is 0.0997. The fourth-order valence-electron chi connectivity index (χ4n) is 3.20. The van der Waals surface area contributed by atoms with Crippen LogP contribution in [0.1, 0.15) is 61.2 Å². The summed E-state index contributed by atoms with van der Waals surface area (Å²) < 4.78 is 35.0. The van der Waals surface area contributed by atoms with Gasteiger partial charge in [-0.25, -0.2) is 14.4 Å². The Morgan fingerprint density at radius 2 is 0.791 bits per heavy atom. The van der Waals surface area contributed by atoms with Crippen molar-refractivity contribution >= 4 is 35.6 Å². The highest BCUT2D eigenvalue weighted by Gasteiger charge is 2.13. The Morgan fingerprint density at radius 3 is 1.16 bits per heavy atom. The van der Waals surface area contributed by atoms with Crippen molar-refractivity contribution in [2.45, 2.75) is 19.8 Å². The summed E-state index contributed by atoms with van der Waals surface area (Å²) in [4.78, 5) is 71.1. The number of carbonyl (C=O) groups excluding carboxylic acids is 6. The number of hydrogen-bond donors (Lipinski definition) is 0. The average Bonchev–Trinajstić information content (AvgIpc) is 3.01. The van der Waals surface area contributed by atoms with Gasteiger partial charge in [-0.15, -0.1) is 0 Å². The van der Waals surface area contributed by atoms with Crippen LogP contribution in [0.15, 0.2) is 48.5 Å². The molecule has 0 saturated carbocycles. The molecule has 13 nitrogen and oxygen atoms in total. The summed E-state index contributed by atoms with van der Waals surface area (Å²) in [6.07, 6.45) is -0.513. The maximum absolute atomic E-state index is 12.2. The molecule has 0 atom stereocenters. The van der Waals surface area contributed by atoms with Crippen LogP contribution in [0.4, 0.5) is 0 Å². The normalized spacial score (nSPS) is 10.4. The van der Waals surface area contributed by atoms with Gasteiger partial charge in [0.2, 0.25) is 0 Å². The minimum absolute atomic E-state index is 0.0740. The molecular weight excluding hydrogens is 568 g/mol. The van der Waals surface area contributed by atoms with Crippen LogP contribution in [0.2, 0.25) is 0 Å². The molecule has 0 amide bonds. The lowest BCUT2D eigenvalue weighted by Gasteiger charge is -2.08. The van der Waals surface area contributed by atoms with Crippen LogP contribution in [-0.2, 0) is 42.7 Å². The molecule has 2 aromatic rings. The van der Waals surface area contributed by atoms with Crippen LogP contribution in [0.3, 0.4) is 0 Å². The monoisotopic (exact) mass is 602 g/mol. The summed E-state index contributed by atoms with van der Waals surface area (Å²) in [5, 5.41) is 0. The molecule has 0 N–H and O–H groups in total. The van der Waals surface area contributed by atoms with E-state index in [-0.39, 0.29) is 75.0 Å². The van der Waals surface area contributed by atoms with E-state index in [0.717, 1.165) is 0 Å². The molecule has 0 bridgehead atoms. The van der Waals surface area contributed by atoms with Crippen molar-refractivity contribution < 1.29 is 61.9 Å². The van der Waals surface area contributed by atoms with Gasteiger partial charge in [-0.3, -0.25) is 14.4 Å². The maximum atomic E-state index is 12.2. The molecule has 0 saturated heterocycles. The fourth-order valence-corrected chi connectivity index (χ4v) is 3.20. The zero-order valence-electron chi connectivity index (χ0n) is 24.0. The number of hydrogen-bond acceptors (Lipinski definition) is 13. The lowest BCUT2D eigenvalue weighted by Crippen LogP contribution is -2.17. The van der Waals surface area contributed by atoms with Gasteiger partial charge in [-0.05, 0) is 43.3 Å². The summed E-state index contributed by atoms with van der Waals surface area (Å²) in [6.45, 7) is 1.72. The van der Waals surface area contributed by atoms with Gasteiger partial charge < -0.3 is 33.2 Å². The Labute approximate surface area is 248 Å². The minimum atomic E-state index is -0.694. The van der Waals surface area contributed by atoms with E-state index in [2.05, 4.69) is 0 Å². The number of ether oxygens (including phenoxy) is 7. The third kappa shape index (κ3) is 13.7. The number of rotatable bonds is 19. The summed E-state index contributed by atoms with van der Waals surface area (Å²) in [5.41, 5.74) is 1.14. The van der Waals surface area contributed by atoms with Crippen LogP contribution < -0.4 is 0 Å². The highest BCUT2D eigenvalue weighted by atomic mass is 16.6. The number of ketones is 1. The summed E-state index contributed by atoms with van der Waals surface area (Å²) in [6, 6.07) is 11.6. The van der Waals surface area contributed by atoms with E-state index in [4.69, 9.17) is 33.2 Å². The Bertz CT molecular complexity index is 1220. The molecule has 2 aromatic carbocycles. The molecule has 13 heteroatoms.